The number of pyridine rings is 1. The molecule has 0 bridgehead atoms. The Morgan fingerprint density at radius 1 is 0.764 bits per heavy atom. The minimum Gasteiger partial charge on any atom is -0.448 e. The lowest BCUT2D eigenvalue weighted by Gasteiger charge is -2.40. The molecule has 1 aliphatic carbocycles. The second kappa shape index (κ2) is 21.4. The highest BCUT2D eigenvalue weighted by molar-refractivity contribution is 6.36. The van der Waals surface area contributed by atoms with Gasteiger partial charge in [-0.2, -0.15) is 0 Å². The molecule has 0 spiro atoms. The van der Waals surface area contributed by atoms with Gasteiger partial charge >= 0.3 is 18.5 Å². The Morgan fingerprint density at radius 3 is 2.04 bits per heavy atom. The molecule has 2 fully saturated rings. The fraction of sp³-hybridized carbons (Fsp3) is 0.370. The van der Waals surface area contributed by atoms with Gasteiger partial charge in [0.2, 0.25) is 5.91 Å². The molecule has 0 saturated carbocycles. The van der Waals surface area contributed by atoms with Crippen LogP contribution in [0.25, 0.3) is 33.3 Å². The van der Waals surface area contributed by atoms with Gasteiger partial charge in [-0.25, -0.2) is 14.6 Å². The zero-order chi connectivity index (χ0) is 50.7. The van der Waals surface area contributed by atoms with Crippen LogP contribution in [0.5, 0.6) is 5.75 Å². The number of nitrogens with one attached hydrogen (secondary N) is 1. The predicted molar refractivity (Wildman–Crippen MR) is 270 cm³/mol. The van der Waals surface area contributed by atoms with E-state index in [0.29, 0.717) is 47.3 Å². The summed E-state index contributed by atoms with van der Waals surface area (Å²) in [5, 5.41) is 5.10. The van der Waals surface area contributed by atoms with Gasteiger partial charge in [0.15, 0.2) is 0 Å². The summed E-state index contributed by atoms with van der Waals surface area (Å²) >= 11 is 12.9. The maximum atomic E-state index is 14.2. The number of aryl methyl sites for hydroxylation is 1. The van der Waals surface area contributed by atoms with Crippen molar-refractivity contribution in [2.24, 2.45) is 0 Å². The third-order valence-corrected chi connectivity index (χ3v) is 14.0. The Bertz CT molecular complexity index is 2870. The summed E-state index contributed by atoms with van der Waals surface area (Å²) in [6.07, 6.45) is -1.85. The Labute approximate surface area is 426 Å². The second-order valence-corrected chi connectivity index (χ2v) is 20.2. The van der Waals surface area contributed by atoms with Gasteiger partial charge in [-0.1, -0.05) is 89.9 Å². The van der Waals surface area contributed by atoms with E-state index < -0.39 is 36.1 Å². The van der Waals surface area contributed by atoms with E-state index in [-0.39, 0.29) is 44.5 Å². The van der Waals surface area contributed by atoms with Crippen molar-refractivity contribution in [2.75, 3.05) is 59.0 Å². The summed E-state index contributed by atoms with van der Waals surface area (Å²) < 4.78 is 57.0. The maximum Gasteiger partial charge on any atom is 0.573 e. The fourth-order valence-electron chi connectivity index (χ4n) is 9.78. The Kier molecular flexibility index (Phi) is 15.0. The van der Waals surface area contributed by atoms with Crippen molar-refractivity contribution in [2.45, 2.75) is 70.7 Å². The smallest absolute Gasteiger partial charge is 0.448 e. The topological polar surface area (TPSA) is 122 Å². The summed E-state index contributed by atoms with van der Waals surface area (Å²) in [4.78, 5) is 53.8. The molecule has 9 rings (SSSR count). The van der Waals surface area contributed by atoms with Gasteiger partial charge in [-0.05, 0) is 90.9 Å². The molecular formula is C54H56Cl2F3N7O6. The van der Waals surface area contributed by atoms with Crippen molar-refractivity contribution in [3.63, 3.8) is 0 Å². The van der Waals surface area contributed by atoms with Gasteiger partial charge in [0.05, 0.1) is 6.54 Å². The van der Waals surface area contributed by atoms with Crippen LogP contribution in [0, 0.1) is 0 Å². The Morgan fingerprint density at radius 2 is 1.40 bits per heavy atom. The Hall–Kier alpha value is -6.33. The molecule has 2 aromatic heterocycles. The quantitative estimate of drug-likeness (QED) is 0.113. The summed E-state index contributed by atoms with van der Waals surface area (Å²) in [6, 6.07) is 28.4. The number of fused-ring (bicyclic) bond motifs is 4. The molecule has 0 radical (unpaired) electrons. The van der Waals surface area contributed by atoms with E-state index in [4.69, 9.17) is 37.7 Å². The molecular weight excluding hydrogens is 971 g/mol. The lowest BCUT2D eigenvalue weighted by Crippen LogP contribution is -2.62. The summed E-state index contributed by atoms with van der Waals surface area (Å²) in [7, 11) is 0. The minimum absolute atomic E-state index is 0.0538. The van der Waals surface area contributed by atoms with Crippen LogP contribution in [-0.4, -0.2) is 124 Å². The van der Waals surface area contributed by atoms with E-state index in [2.05, 4.69) is 38.1 Å². The number of alkyl halides is 3. The molecule has 2 saturated heterocycles. The predicted octanol–water partition coefficient (Wildman–Crippen LogP) is 10.6. The number of piperazine rings is 2. The molecule has 13 nitrogen and oxygen atoms in total. The van der Waals surface area contributed by atoms with Gasteiger partial charge in [-0.15, -0.1) is 13.2 Å². The van der Waals surface area contributed by atoms with Crippen LogP contribution in [-0.2, 0) is 33.9 Å². The molecule has 6 aromatic rings. The molecule has 18 heteroatoms. The van der Waals surface area contributed by atoms with Crippen LogP contribution in [0.3, 0.4) is 0 Å². The zero-order valence-corrected chi connectivity index (χ0v) is 41.8. The number of aromatic nitrogens is 2. The van der Waals surface area contributed by atoms with Crippen molar-refractivity contribution in [3.8, 4) is 28.0 Å². The first-order chi connectivity index (χ1) is 34.5. The number of carbonyl (C=O) groups excluding carboxylic acids is 3. The molecule has 1 unspecified atom stereocenters. The van der Waals surface area contributed by atoms with Crippen LogP contribution in [0.15, 0.2) is 109 Å². The average Bonchev–Trinajstić information content (AvgIpc) is 3.87. The maximum absolute atomic E-state index is 14.2. The average molecular weight is 1030 g/mol. The first-order valence-electron chi connectivity index (χ1n) is 24.1. The molecule has 378 valence electrons. The van der Waals surface area contributed by atoms with E-state index in [1.165, 1.54) is 21.9 Å². The van der Waals surface area contributed by atoms with Crippen LogP contribution in [0.4, 0.5) is 22.8 Å². The van der Waals surface area contributed by atoms with Crippen molar-refractivity contribution >= 4 is 52.3 Å². The monoisotopic (exact) mass is 1030 g/mol. The van der Waals surface area contributed by atoms with Crippen molar-refractivity contribution in [1.82, 2.24) is 34.5 Å². The number of amides is 3. The van der Waals surface area contributed by atoms with E-state index in [9.17, 15) is 27.6 Å². The number of halogens is 5. The highest BCUT2D eigenvalue weighted by Crippen LogP contribution is 2.45. The van der Waals surface area contributed by atoms with Gasteiger partial charge in [0.1, 0.15) is 29.6 Å². The zero-order valence-electron chi connectivity index (χ0n) is 40.3. The Balaban J connectivity index is 0.880. The van der Waals surface area contributed by atoms with Crippen LogP contribution in [0.2, 0.25) is 10.0 Å². The lowest BCUT2D eigenvalue weighted by atomic mass is 9.98. The molecule has 1 atom stereocenters. The highest BCUT2D eigenvalue weighted by Gasteiger charge is 2.40. The molecule has 4 heterocycles. The van der Waals surface area contributed by atoms with Gasteiger partial charge in [0, 0.05) is 110 Å². The molecule has 3 amide bonds. The first kappa shape index (κ1) is 50.6. The van der Waals surface area contributed by atoms with E-state index in [1.54, 1.807) is 32.9 Å². The number of hydrogen-bond donors (Lipinski definition) is 1. The van der Waals surface area contributed by atoms with Crippen molar-refractivity contribution in [3.05, 3.63) is 142 Å². The number of carbonyl (C=O) groups is 3. The molecule has 1 N–H and O–H groups in total. The number of rotatable bonds is 13. The number of nitrogens with zero attached hydrogens (tertiary/aromatic N) is 6. The molecule has 4 aromatic carbocycles. The number of benzene rings is 4. The normalized spacial score (nSPS) is 16.6. The SMILES string of the molecule is CC(C)(C)OC(=O)N1CCN(C(=O)OCC2c3ccccc3-c3ccccc32)C(C(=O)NCCCn2cc(-c3ccc(OC(F)(F)F)cc3)c3cc(CN4CCN(Cc5c(Cl)cccc5Cl)CC4)cnc32)C1. The summed E-state index contributed by atoms with van der Waals surface area (Å²) in [5.74, 6) is -0.962. The minimum atomic E-state index is -4.83. The molecule has 72 heavy (non-hydrogen) atoms. The third kappa shape index (κ3) is 11.8. The fourth-order valence-corrected chi connectivity index (χ4v) is 10.3. The largest absolute Gasteiger partial charge is 0.573 e. The first-order valence-corrected chi connectivity index (χ1v) is 24.8. The van der Waals surface area contributed by atoms with Crippen molar-refractivity contribution < 1.29 is 41.8 Å². The standard InChI is InChI=1S/C54H56Cl2F3N7O6/c1-53(2,3)72-51(68)65-26-27-66(52(69)70-34-45-40-12-6-4-10-38(40)39-11-5-7-13-41(39)45)48(33-65)50(67)60-20-9-21-64-32-43(36-16-18-37(19-17-36)71-54(57,58)59)42-28-35(29-61-49(42)64)30-62-22-24-63(25-23-62)31-44-46(55)14-8-15-47(44)56/h4-8,10-19,28-29,32,45,48H,9,20-27,30-31,33-34H2,1-3H3,(H,60,67). The lowest BCUT2D eigenvalue weighted by molar-refractivity contribution is -0.274. The van der Waals surface area contributed by atoms with Crippen LogP contribution in [0.1, 0.15) is 55.4 Å². The number of hydrogen-bond acceptors (Lipinski definition) is 9. The summed E-state index contributed by atoms with van der Waals surface area (Å²) in [6.45, 7) is 10.6. The van der Waals surface area contributed by atoms with Crippen molar-refractivity contribution in [1.29, 1.82) is 0 Å². The molecule has 3 aliphatic rings. The van der Waals surface area contributed by atoms with Gasteiger partial charge in [-0.3, -0.25) is 19.5 Å². The highest BCUT2D eigenvalue weighted by atomic mass is 35.5. The summed E-state index contributed by atoms with van der Waals surface area (Å²) in [5.41, 5.74) is 7.53. The number of ether oxygens (including phenoxy) is 3. The van der Waals surface area contributed by atoms with E-state index in [1.807, 2.05) is 71.6 Å². The second-order valence-electron chi connectivity index (χ2n) is 19.4. The van der Waals surface area contributed by atoms with Gasteiger partial charge in [0.25, 0.3) is 0 Å². The molecule has 2 aliphatic heterocycles. The van der Waals surface area contributed by atoms with Crippen LogP contribution >= 0.6 is 23.2 Å². The van der Waals surface area contributed by atoms with Gasteiger partial charge < -0.3 is 29.0 Å². The van der Waals surface area contributed by atoms with Crippen LogP contribution < -0.4 is 10.1 Å². The van der Waals surface area contributed by atoms with E-state index in [0.717, 1.165) is 70.5 Å². The van der Waals surface area contributed by atoms with E-state index >= 15 is 0 Å². The third-order valence-electron chi connectivity index (χ3n) is 13.3.